The average molecular weight is 845 g/mol. The third-order valence-electron chi connectivity index (χ3n) is 13.1. The second-order valence-corrected chi connectivity index (χ2v) is 19.5. The van der Waals surface area contributed by atoms with Gasteiger partial charge in [-0.25, -0.2) is 0 Å². The lowest BCUT2D eigenvalue weighted by atomic mass is 9.79. The van der Waals surface area contributed by atoms with Crippen LogP contribution in [0.4, 0.5) is 0 Å². The Morgan fingerprint density at radius 2 is 1.29 bits per heavy atom. The van der Waals surface area contributed by atoms with Gasteiger partial charge in [0.25, 0.3) is 0 Å². The van der Waals surface area contributed by atoms with E-state index in [0.717, 1.165) is 12.8 Å². The molecule has 3 aliphatic carbocycles. The van der Waals surface area contributed by atoms with E-state index < -0.39 is 0 Å². The van der Waals surface area contributed by atoms with Crippen LogP contribution in [0.5, 0.6) is 0 Å². The second kappa shape index (κ2) is 19.1. The number of hydrogen-bond donors (Lipinski definition) is 0. The van der Waals surface area contributed by atoms with E-state index in [9.17, 15) is 0 Å². The summed E-state index contributed by atoms with van der Waals surface area (Å²) in [5, 5.41) is 1.49. The van der Waals surface area contributed by atoms with Crippen LogP contribution in [0.1, 0.15) is 131 Å². The molecule has 7 aromatic rings. The molecule has 0 aliphatic heterocycles. The van der Waals surface area contributed by atoms with Gasteiger partial charge in [-0.3, -0.25) is 0 Å². The summed E-state index contributed by atoms with van der Waals surface area (Å²) in [6.07, 6.45) is 15.1. The predicted molar refractivity (Wildman–Crippen MR) is 280 cm³/mol. The van der Waals surface area contributed by atoms with E-state index >= 15 is 0 Å². The van der Waals surface area contributed by atoms with Gasteiger partial charge in [-0.05, 0) is 141 Å². The molecule has 6 aromatic carbocycles. The van der Waals surface area contributed by atoms with Crippen molar-refractivity contribution in [1.82, 2.24) is 0 Å². The van der Waals surface area contributed by atoms with Crippen LogP contribution in [-0.2, 0) is 23.7 Å². The highest BCUT2D eigenvalue weighted by Gasteiger charge is 2.39. The Morgan fingerprint density at radius 1 is 0.651 bits per heavy atom. The van der Waals surface area contributed by atoms with Crippen molar-refractivity contribution < 1.29 is 0 Å². The molecule has 0 saturated heterocycles. The summed E-state index contributed by atoms with van der Waals surface area (Å²) in [6, 6.07) is 45.3. The Hall–Kier alpha value is -5.50. The van der Waals surface area contributed by atoms with Gasteiger partial charge in [-0.15, -0.1) is 11.3 Å². The largest absolute Gasteiger partial charge is 0.140 e. The molecule has 0 amide bonds. The summed E-state index contributed by atoms with van der Waals surface area (Å²) in [6.45, 7) is 26.5. The van der Waals surface area contributed by atoms with Gasteiger partial charge in [-0.2, -0.15) is 0 Å². The Kier molecular flexibility index (Phi) is 13.8. The monoisotopic (exact) mass is 845 g/mol. The van der Waals surface area contributed by atoms with Crippen molar-refractivity contribution >= 4 is 33.1 Å². The molecule has 0 nitrogen and oxygen atoms in total. The first kappa shape index (κ1) is 45.5. The van der Waals surface area contributed by atoms with Crippen molar-refractivity contribution in [2.24, 2.45) is 5.92 Å². The lowest BCUT2D eigenvalue weighted by Gasteiger charge is -2.24. The van der Waals surface area contributed by atoms with Crippen LogP contribution in [0.15, 0.2) is 146 Å². The fraction of sp³-hybridized carbons (Fsp3) is 0.290. The summed E-state index contributed by atoms with van der Waals surface area (Å²) in [7, 11) is 0. The van der Waals surface area contributed by atoms with Gasteiger partial charge in [0.2, 0.25) is 0 Å². The van der Waals surface area contributed by atoms with Crippen LogP contribution < -0.4 is 0 Å². The lowest BCUT2D eigenvalue weighted by Crippen LogP contribution is -2.16. The van der Waals surface area contributed by atoms with Crippen molar-refractivity contribution in [3.63, 3.8) is 0 Å². The number of benzene rings is 6. The SMILES string of the molecule is CC.CC.Cc1ccc(-c2ccc3c(c2)C(C)(C)c2ccccc2-3)cc1C/C=C\C(=C/C(C)C)c1ccc2c(c1)C(C)(C)c1c-2ccc2sc3c(c12)C=CCC3.Cc1ccccc1. The first-order valence-corrected chi connectivity index (χ1v) is 24.4. The molecular weight excluding hydrogens is 777 g/mol. The maximum absolute atomic E-state index is 2.49. The molecule has 0 radical (unpaired) electrons. The van der Waals surface area contributed by atoms with E-state index in [-0.39, 0.29) is 10.8 Å². The quantitative estimate of drug-likeness (QED) is 0.146. The van der Waals surface area contributed by atoms with Crippen LogP contribution in [0.25, 0.3) is 55.1 Å². The number of allylic oxidation sites excluding steroid dienone is 5. The highest BCUT2D eigenvalue weighted by Crippen LogP contribution is 2.55. The van der Waals surface area contributed by atoms with E-state index in [1.165, 1.54) is 106 Å². The number of fused-ring (bicyclic) bond motifs is 10. The first-order valence-electron chi connectivity index (χ1n) is 23.6. The molecule has 0 unspecified atom stereocenters. The highest BCUT2D eigenvalue weighted by atomic mass is 32.1. The standard InChI is InChI=1S/C51H48S.C7H8.2C2H6/c1-31(2)27-34(36-22-24-40-41-25-26-47-48(42-16-9-11-18-46(42)52-47)49(41)51(6,7)45(40)30-36)14-12-13-33-28-35(20-19-32(33)3)37-21-23-39-38-15-8-10-17-43(38)50(4,5)44(39)29-37;1-7-5-3-2-4-6-7;2*1-2/h8-10,12,14-17,19-31H,11,13,18H2,1-7H3;2-6H,1H3;2*1-2H3/b14-12-,34-27+;;;. The minimum absolute atomic E-state index is 0.000162. The van der Waals surface area contributed by atoms with Gasteiger partial charge in [0.1, 0.15) is 0 Å². The maximum atomic E-state index is 2.49. The molecule has 1 aromatic heterocycles. The predicted octanol–water partition coefficient (Wildman–Crippen LogP) is 18.3. The van der Waals surface area contributed by atoms with E-state index in [1.807, 2.05) is 57.2 Å². The minimum atomic E-state index is -0.0694. The van der Waals surface area contributed by atoms with Gasteiger partial charge in [-0.1, -0.05) is 208 Å². The molecule has 0 spiro atoms. The molecule has 1 heteroatoms. The molecule has 1 heterocycles. The van der Waals surface area contributed by atoms with Gasteiger partial charge in [0, 0.05) is 25.8 Å². The van der Waals surface area contributed by atoms with Gasteiger partial charge >= 0.3 is 0 Å². The smallest absolute Gasteiger partial charge is 0.0355 e. The molecule has 10 rings (SSSR count). The fourth-order valence-corrected chi connectivity index (χ4v) is 11.1. The molecule has 0 bridgehead atoms. The second-order valence-electron chi connectivity index (χ2n) is 18.3. The number of thiophene rings is 1. The first-order chi connectivity index (χ1) is 30.4. The van der Waals surface area contributed by atoms with E-state index in [4.69, 9.17) is 0 Å². The molecule has 0 fully saturated rings. The third kappa shape index (κ3) is 8.75. The zero-order valence-corrected chi connectivity index (χ0v) is 40.9. The Balaban J connectivity index is 0.000000484. The van der Waals surface area contributed by atoms with Crippen molar-refractivity contribution in [2.45, 2.75) is 113 Å². The third-order valence-corrected chi connectivity index (χ3v) is 14.3. The van der Waals surface area contributed by atoms with Gasteiger partial charge in [0.15, 0.2) is 0 Å². The van der Waals surface area contributed by atoms with E-state index in [1.54, 1.807) is 4.88 Å². The molecule has 63 heavy (non-hydrogen) atoms. The molecule has 3 aliphatic rings. The summed E-state index contributed by atoms with van der Waals surface area (Å²) >= 11 is 2.00. The van der Waals surface area contributed by atoms with Crippen LogP contribution >= 0.6 is 11.3 Å². The van der Waals surface area contributed by atoms with Crippen LogP contribution in [0.3, 0.4) is 0 Å². The summed E-state index contributed by atoms with van der Waals surface area (Å²) in [4.78, 5) is 1.55. The molecule has 0 atom stereocenters. The average Bonchev–Trinajstić information content (AvgIpc) is 3.87. The molecule has 0 saturated carbocycles. The summed E-state index contributed by atoms with van der Waals surface area (Å²) < 4.78 is 1.43. The van der Waals surface area contributed by atoms with Crippen molar-refractivity contribution in [3.05, 3.63) is 201 Å². The zero-order valence-electron chi connectivity index (χ0n) is 40.0. The fourth-order valence-electron chi connectivity index (χ4n) is 9.93. The molecule has 0 N–H and O–H groups in total. The van der Waals surface area contributed by atoms with E-state index in [2.05, 4.69) is 189 Å². The normalized spacial score (nSPS) is 14.7. The lowest BCUT2D eigenvalue weighted by molar-refractivity contribution is 0.660. The molecule has 322 valence electrons. The minimum Gasteiger partial charge on any atom is -0.140 e. The Bertz CT molecular complexity index is 2830. The van der Waals surface area contributed by atoms with Gasteiger partial charge < -0.3 is 0 Å². The summed E-state index contributed by atoms with van der Waals surface area (Å²) in [5.74, 6) is 0.446. The number of hydrogen-bond acceptors (Lipinski definition) is 1. The maximum Gasteiger partial charge on any atom is 0.0355 e. The zero-order chi connectivity index (χ0) is 45.1. The summed E-state index contributed by atoms with van der Waals surface area (Å²) in [5.41, 5.74) is 22.0. The van der Waals surface area contributed by atoms with Crippen LogP contribution in [0, 0.1) is 19.8 Å². The Morgan fingerprint density at radius 3 is 2.02 bits per heavy atom. The van der Waals surface area contributed by atoms with Crippen molar-refractivity contribution in [2.75, 3.05) is 0 Å². The number of aryl methyl sites for hydroxylation is 3. The topological polar surface area (TPSA) is 0 Å². The van der Waals surface area contributed by atoms with Crippen LogP contribution in [0.2, 0.25) is 0 Å². The van der Waals surface area contributed by atoms with Gasteiger partial charge in [0.05, 0.1) is 0 Å². The number of rotatable bonds is 6. The highest BCUT2D eigenvalue weighted by molar-refractivity contribution is 7.19. The molecular formula is C62H68S. The van der Waals surface area contributed by atoms with Crippen molar-refractivity contribution in [1.29, 1.82) is 0 Å². The Labute approximate surface area is 384 Å². The van der Waals surface area contributed by atoms with Crippen molar-refractivity contribution in [3.8, 4) is 33.4 Å². The van der Waals surface area contributed by atoms with Crippen LogP contribution in [-0.4, -0.2) is 0 Å². The van der Waals surface area contributed by atoms with E-state index in [0.29, 0.717) is 5.92 Å².